The van der Waals surface area contributed by atoms with Gasteiger partial charge in [-0.1, -0.05) is 74.9 Å². The lowest BCUT2D eigenvalue weighted by Gasteiger charge is -2.34. The second kappa shape index (κ2) is 16.3. The van der Waals surface area contributed by atoms with Crippen molar-refractivity contribution in [2.45, 2.75) is 145 Å². The van der Waals surface area contributed by atoms with Gasteiger partial charge in [0.15, 0.2) is 11.7 Å². The molecule has 14 heteroatoms. The zero-order valence-electron chi connectivity index (χ0n) is 36.9. The van der Waals surface area contributed by atoms with Gasteiger partial charge in [0.2, 0.25) is 5.92 Å². The Balaban J connectivity index is 0.853. The number of aliphatic hydroxyl groups is 2. The van der Waals surface area contributed by atoms with Crippen LogP contribution in [0.25, 0.3) is 17.1 Å². The van der Waals surface area contributed by atoms with Gasteiger partial charge >= 0.3 is 0 Å². The summed E-state index contributed by atoms with van der Waals surface area (Å²) in [4.78, 5) is 16.3. The number of rotatable bonds is 11. The van der Waals surface area contributed by atoms with Crippen molar-refractivity contribution in [3.05, 3.63) is 101 Å². The van der Waals surface area contributed by atoms with Crippen molar-refractivity contribution in [2.75, 3.05) is 16.7 Å². The average Bonchev–Trinajstić information content (AvgIpc) is 4.19. The van der Waals surface area contributed by atoms with E-state index in [1.54, 1.807) is 6.33 Å². The Kier molecular flexibility index (Phi) is 10.4. The molecule has 0 saturated heterocycles. The Morgan fingerprint density at radius 1 is 0.785 bits per heavy atom. The molecule has 3 N–H and O–H groups in total. The van der Waals surface area contributed by atoms with E-state index in [9.17, 15) is 23.8 Å². The number of hydrogen-bond acceptors (Lipinski definition) is 11. The van der Waals surface area contributed by atoms with Crippen LogP contribution in [0.15, 0.2) is 78.3 Å². The first-order valence-electron chi connectivity index (χ1n) is 24.4. The molecular formula is C51H59F2N9O3. The number of hydrazine groups is 2. The van der Waals surface area contributed by atoms with Crippen LogP contribution in [0, 0.1) is 17.8 Å². The van der Waals surface area contributed by atoms with Crippen molar-refractivity contribution in [2.24, 2.45) is 22.9 Å². The van der Waals surface area contributed by atoms with Crippen LogP contribution in [0.1, 0.15) is 155 Å². The van der Waals surface area contributed by atoms with Gasteiger partial charge in [0.05, 0.1) is 47.4 Å². The Labute approximate surface area is 378 Å². The zero-order valence-corrected chi connectivity index (χ0v) is 36.9. The molecule has 8 aliphatic rings. The molecule has 340 valence electrons. The number of alkyl halides is 2. The minimum Gasteiger partial charge on any atom is -0.393 e. The molecular weight excluding hydrogens is 825 g/mol. The van der Waals surface area contributed by atoms with Gasteiger partial charge in [0, 0.05) is 53.6 Å². The largest absolute Gasteiger partial charge is 0.393 e. The van der Waals surface area contributed by atoms with E-state index in [4.69, 9.17) is 5.10 Å². The Hall–Kier alpha value is -5.18. The van der Waals surface area contributed by atoms with Crippen LogP contribution in [0.5, 0.6) is 0 Å². The Bertz CT molecular complexity index is 2540. The predicted octanol–water partition coefficient (Wildman–Crippen LogP) is 9.39. The van der Waals surface area contributed by atoms with Crippen LogP contribution >= 0.6 is 0 Å². The monoisotopic (exact) mass is 883 g/mol. The molecule has 0 radical (unpaired) electrons. The first-order chi connectivity index (χ1) is 31.7. The molecule has 5 unspecified atom stereocenters. The average molecular weight is 884 g/mol. The SMILES string of the molecule is O=C(CC1c2c(cccc2N2CN3C(=N2)c2ccc(N4C=C5c6ccccc6C(CC(O)C6CCC(F)(F)CC6)N5N4)cc2C3CC(O)C2CCCCC2)-c2nncn21)C1CCCCC1. The fourth-order valence-corrected chi connectivity index (χ4v) is 12.9. The number of hydrogen-bond donors (Lipinski definition) is 3. The normalized spacial score (nSPS) is 25.8. The van der Waals surface area contributed by atoms with Gasteiger partial charge in [-0.2, -0.15) is 5.10 Å². The number of hydrazone groups is 1. The van der Waals surface area contributed by atoms with Gasteiger partial charge in [-0.25, -0.2) is 13.8 Å². The second-order valence-corrected chi connectivity index (χ2v) is 20.2. The number of anilines is 2. The molecule has 3 fully saturated rings. The number of benzene rings is 3. The molecule has 12 rings (SSSR count). The lowest BCUT2D eigenvalue weighted by molar-refractivity contribution is -0.124. The van der Waals surface area contributed by atoms with Crippen molar-refractivity contribution >= 4 is 28.7 Å². The summed E-state index contributed by atoms with van der Waals surface area (Å²) in [5.41, 5.74) is 13.0. The number of nitrogens with one attached hydrogen (secondary N) is 1. The number of aromatic nitrogens is 3. The highest BCUT2D eigenvalue weighted by Crippen LogP contribution is 2.51. The fourth-order valence-electron chi connectivity index (χ4n) is 12.9. The minimum absolute atomic E-state index is 0.107. The maximum absolute atomic E-state index is 14.1. The topological polar surface area (TPSA) is 126 Å². The molecule has 3 saturated carbocycles. The van der Waals surface area contributed by atoms with Crippen molar-refractivity contribution in [3.63, 3.8) is 0 Å². The molecule has 5 atom stereocenters. The second-order valence-electron chi connectivity index (χ2n) is 20.2. The maximum atomic E-state index is 14.1. The molecule has 6 heterocycles. The number of carbonyl (C=O) groups excluding carboxylic acids is 1. The van der Waals surface area contributed by atoms with Crippen LogP contribution in [0.3, 0.4) is 0 Å². The molecule has 12 nitrogen and oxygen atoms in total. The van der Waals surface area contributed by atoms with Crippen LogP contribution in [0.2, 0.25) is 0 Å². The quantitative estimate of drug-likeness (QED) is 0.134. The van der Waals surface area contributed by atoms with Gasteiger partial charge in [0.25, 0.3) is 0 Å². The van der Waals surface area contributed by atoms with E-state index in [0.717, 1.165) is 113 Å². The van der Waals surface area contributed by atoms with Crippen molar-refractivity contribution in [1.29, 1.82) is 0 Å². The lowest BCUT2D eigenvalue weighted by atomic mass is 9.81. The molecule has 0 spiro atoms. The van der Waals surface area contributed by atoms with E-state index in [0.29, 0.717) is 44.6 Å². The molecule has 3 aromatic carbocycles. The van der Waals surface area contributed by atoms with Gasteiger partial charge < -0.3 is 19.7 Å². The Morgan fingerprint density at radius 2 is 1.51 bits per heavy atom. The number of amidine groups is 1. The first-order valence-corrected chi connectivity index (χ1v) is 24.4. The molecule has 4 aromatic rings. The minimum atomic E-state index is -2.64. The van der Waals surface area contributed by atoms with Gasteiger partial charge in [0.1, 0.15) is 18.8 Å². The third kappa shape index (κ3) is 7.16. The van der Waals surface area contributed by atoms with E-state index >= 15 is 0 Å². The standard InChI is InChI=1S/C51H59F2N9O3/c52-51(53)22-20-33(21-23-51)46(64)26-42-35-14-7-8-15-36(35)44-28-60(57-62(42)44)34-18-19-37-39(24-34)41(25-45(63)31-10-3-1-4-11-31)59-30-61(56-50(37)59)40-17-9-16-38-48(40)43(58-29-54-55-49(38)58)27-47(65)32-12-5-2-6-13-32/h7-9,14-19,24,28-29,31-33,41-43,45-46,57,63-64H,1-6,10-13,20-23,25-27,30H2. The van der Waals surface area contributed by atoms with Gasteiger partial charge in [-0.05, 0) is 98.6 Å². The number of carbonyl (C=O) groups is 1. The van der Waals surface area contributed by atoms with Crippen LogP contribution in [0.4, 0.5) is 20.2 Å². The fraction of sp³-hybridized carbons (Fsp3) is 0.529. The van der Waals surface area contributed by atoms with Crippen LogP contribution in [-0.2, 0) is 4.79 Å². The summed E-state index contributed by atoms with van der Waals surface area (Å²) in [6.07, 6.45) is 15.4. The summed E-state index contributed by atoms with van der Waals surface area (Å²) in [5, 5.41) is 43.9. The van der Waals surface area contributed by atoms with E-state index in [1.165, 1.54) is 12.8 Å². The molecule has 1 aromatic heterocycles. The van der Waals surface area contributed by atoms with Gasteiger partial charge in [-0.3, -0.25) is 14.8 Å². The van der Waals surface area contributed by atoms with E-state index in [2.05, 4.69) is 89.9 Å². The van der Waals surface area contributed by atoms with E-state index in [1.807, 2.05) is 17.1 Å². The highest BCUT2D eigenvalue weighted by atomic mass is 19.3. The van der Waals surface area contributed by atoms with Crippen molar-refractivity contribution < 1.29 is 23.8 Å². The van der Waals surface area contributed by atoms with Crippen LogP contribution < -0.4 is 15.6 Å². The third-order valence-corrected chi connectivity index (χ3v) is 16.4. The molecule has 3 aliphatic carbocycles. The summed E-state index contributed by atoms with van der Waals surface area (Å²) < 4.78 is 30.2. The number of nitrogens with zero attached hydrogens (tertiary/aromatic N) is 8. The summed E-state index contributed by atoms with van der Waals surface area (Å²) in [5.74, 6) is -0.429. The number of fused-ring (bicyclic) bond motifs is 9. The summed E-state index contributed by atoms with van der Waals surface area (Å²) in [6, 6.07) is 20.6. The van der Waals surface area contributed by atoms with E-state index in [-0.39, 0.29) is 48.7 Å². The summed E-state index contributed by atoms with van der Waals surface area (Å²) in [7, 11) is 0. The maximum Gasteiger partial charge on any atom is 0.248 e. The number of halogens is 2. The highest BCUT2D eigenvalue weighted by molar-refractivity contribution is 6.05. The Morgan fingerprint density at radius 3 is 2.31 bits per heavy atom. The predicted molar refractivity (Wildman–Crippen MR) is 244 cm³/mol. The highest BCUT2D eigenvalue weighted by Gasteiger charge is 2.46. The smallest absolute Gasteiger partial charge is 0.248 e. The molecule has 65 heavy (non-hydrogen) atoms. The number of Topliss-reactive ketones (excluding diaryl/α,β-unsaturated/α-hetero) is 1. The zero-order chi connectivity index (χ0) is 44.0. The lowest BCUT2D eigenvalue weighted by Crippen LogP contribution is -2.42. The summed E-state index contributed by atoms with van der Waals surface area (Å²) in [6.45, 7) is 0.501. The summed E-state index contributed by atoms with van der Waals surface area (Å²) >= 11 is 0. The molecule has 0 amide bonds. The number of aliphatic hydroxyl groups excluding tert-OH is 2. The number of ketones is 1. The molecule has 0 bridgehead atoms. The molecule has 5 aliphatic heterocycles. The van der Waals surface area contributed by atoms with Gasteiger partial charge in [-0.15, -0.1) is 15.7 Å². The van der Waals surface area contributed by atoms with Crippen LogP contribution in [-0.4, -0.2) is 71.3 Å². The first kappa shape index (κ1) is 41.3. The van der Waals surface area contributed by atoms with Crippen molar-refractivity contribution in [3.8, 4) is 11.4 Å². The third-order valence-electron chi connectivity index (χ3n) is 16.4. The van der Waals surface area contributed by atoms with Crippen molar-refractivity contribution in [1.82, 2.24) is 30.2 Å². The van der Waals surface area contributed by atoms with E-state index < -0.39 is 18.1 Å².